The van der Waals surface area contributed by atoms with Crippen molar-refractivity contribution in [3.63, 3.8) is 0 Å². The topological polar surface area (TPSA) is 40.5 Å². The van der Waals surface area contributed by atoms with E-state index in [-0.39, 0.29) is 0 Å². The summed E-state index contributed by atoms with van der Waals surface area (Å²) < 4.78 is 0.794. The number of rotatable bonds is 1. The normalized spacial score (nSPS) is 9.82. The fourth-order valence-corrected chi connectivity index (χ4v) is 1.51. The second-order valence-corrected chi connectivity index (χ2v) is 3.64. The SMILES string of the molecule is OB(O)c1cc(Cl)ccc1I. The first-order chi connectivity index (χ1) is 5.11. The molecule has 0 aliphatic heterocycles. The van der Waals surface area contributed by atoms with Crippen molar-refractivity contribution in [1.82, 2.24) is 0 Å². The van der Waals surface area contributed by atoms with E-state index in [1.54, 1.807) is 12.1 Å². The summed E-state index contributed by atoms with van der Waals surface area (Å²) in [5, 5.41) is 18.2. The summed E-state index contributed by atoms with van der Waals surface area (Å²) in [6.45, 7) is 0. The third-order valence-corrected chi connectivity index (χ3v) is 2.45. The first kappa shape index (κ1) is 9.31. The molecule has 0 radical (unpaired) electrons. The smallest absolute Gasteiger partial charge is 0.423 e. The highest BCUT2D eigenvalue weighted by atomic mass is 127. The van der Waals surface area contributed by atoms with Gasteiger partial charge in [0, 0.05) is 8.59 Å². The number of hydrogen-bond donors (Lipinski definition) is 2. The highest BCUT2D eigenvalue weighted by Gasteiger charge is 2.14. The molecule has 0 aromatic heterocycles. The summed E-state index contributed by atoms with van der Waals surface area (Å²) in [7, 11) is -1.44. The minimum atomic E-state index is -1.44. The Balaban J connectivity index is 3.13. The third kappa shape index (κ3) is 2.33. The van der Waals surface area contributed by atoms with Gasteiger partial charge in [-0.3, -0.25) is 0 Å². The van der Waals surface area contributed by atoms with Crippen LogP contribution < -0.4 is 5.46 Å². The molecule has 0 saturated heterocycles. The Morgan fingerprint density at radius 2 is 2.00 bits per heavy atom. The van der Waals surface area contributed by atoms with Gasteiger partial charge in [0.2, 0.25) is 0 Å². The molecule has 1 rings (SSSR count). The van der Waals surface area contributed by atoms with E-state index < -0.39 is 7.12 Å². The summed E-state index contributed by atoms with van der Waals surface area (Å²) in [5.74, 6) is 0. The Morgan fingerprint density at radius 1 is 1.36 bits per heavy atom. The Labute approximate surface area is 83.5 Å². The van der Waals surface area contributed by atoms with E-state index in [2.05, 4.69) is 0 Å². The van der Waals surface area contributed by atoms with E-state index in [4.69, 9.17) is 21.6 Å². The monoisotopic (exact) mass is 282 g/mol. The fourth-order valence-electron chi connectivity index (χ4n) is 0.712. The Kier molecular flexibility index (Phi) is 3.18. The van der Waals surface area contributed by atoms with E-state index in [9.17, 15) is 0 Å². The van der Waals surface area contributed by atoms with Crippen LogP contribution in [0, 0.1) is 3.57 Å². The molecule has 0 bridgehead atoms. The van der Waals surface area contributed by atoms with Gasteiger partial charge in [-0.15, -0.1) is 0 Å². The predicted octanol–water partition coefficient (Wildman–Crippen LogP) is 0.624. The maximum absolute atomic E-state index is 8.82. The first-order valence-corrected chi connectivity index (χ1v) is 4.38. The Morgan fingerprint density at radius 3 is 2.45 bits per heavy atom. The van der Waals surface area contributed by atoms with Crippen LogP contribution in [-0.2, 0) is 0 Å². The van der Waals surface area contributed by atoms with E-state index in [1.165, 1.54) is 6.07 Å². The van der Waals surface area contributed by atoms with Gasteiger partial charge in [-0.2, -0.15) is 0 Å². The predicted molar refractivity (Wildman–Crippen MR) is 54.0 cm³/mol. The van der Waals surface area contributed by atoms with Crippen molar-refractivity contribution in [2.75, 3.05) is 0 Å². The maximum Gasteiger partial charge on any atom is 0.489 e. The molecular formula is C6H5BClIO2. The molecule has 2 nitrogen and oxygen atoms in total. The van der Waals surface area contributed by atoms with Crippen molar-refractivity contribution in [2.45, 2.75) is 0 Å². The minimum absolute atomic E-state index is 0.443. The molecule has 0 heterocycles. The zero-order valence-electron chi connectivity index (χ0n) is 5.46. The molecule has 2 N–H and O–H groups in total. The van der Waals surface area contributed by atoms with Crippen LogP contribution >= 0.6 is 34.2 Å². The molecule has 5 heteroatoms. The summed E-state index contributed by atoms with van der Waals surface area (Å²) in [5.41, 5.74) is 0.443. The lowest BCUT2D eigenvalue weighted by atomic mass is 9.80. The minimum Gasteiger partial charge on any atom is -0.423 e. The molecule has 1 aromatic carbocycles. The Bertz CT molecular complexity index is 267. The van der Waals surface area contributed by atoms with Crippen molar-refractivity contribution in [2.24, 2.45) is 0 Å². The molecular weight excluding hydrogens is 277 g/mol. The highest BCUT2D eigenvalue weighted by molar-refractivity contribution is 14.1. The van der Waals surface area contributed by atoms with Gasteiger partial charge in [0.05, 0.1) is 0 Å². The molecule has 0 saturated carbocycles. The van der Waals surface area contributed by atoms with Crippen molar-refractivity contribution >= 4 is 46.8 Å². The van der Waals surface area contributed by atoms with Gasteiger partial charge in [0.15, 0.2) is 0 Å². The number of benzene rings is 1. The van der Waals surface area contributed by atoms with E-state index >= 15 is 0 Å². The van der Waals surface area contributed by atoms with E-state index in [0.717, 1.165) is 3.57 Å². The van der Waals surface area contributed by atoms with Crippen LogP contribution in [0.1, 0.15) is 0 Å². The van der Waals surface area contributed by atoms with Gasteiger partial charge >= 0.3 is 7.12 Å². The van der Waals surface area contributed by atoms with Crippen LogP contribution in [0.15, 0.2) is 18.2 Å². The molecule has 58 valence electrons. The van der Waals surface area contributed by atoms with Crippen LogP contribution in [0.4, 0.5) is 0 Å². The van der Waals surface area contributed by atoms with Gasteiger partial charge < -0.3 is 10.0 Å². The number of hydrogen-bond acceptors (Lipinski definition) is 2. The molecule has 0 aliphatic carbocycles. The molecule has 0 aliphatic rings. The van der Waals surface area contributed by atoms with Gasteiger partial charge in [0.25, 0.3) is 0 Å². The van der Waals surface area contributed by atoms with Crippen molar-refractivity contribution in [3.05, 3.63) is 26.8 Å². The fraction of sp³-hybridized carbons (Fsp3) is 0. The van der Waals surface area contributed by atoms with Crippen molar-refractivity contribution in [1.29, 1.82) is 0 Å². The summed E-state index contributed by atoms with van der Waals surface area (Å²) in [4.78, 5) is 0. The molecule has 0 spiro atoms. The van der Waals surface area contributed by atoms with Crippen molar-refractivity contribution < 1.29 is 10.0 Å². The summed E-state index contributed by atoms with van der Waals surface area (Å²) in [6.07, 6.45) is 0. The second-order valence-electron chi connectivity index (χ2n) is 2.04. The number of halogens is 2. The summed E-state index contributed by atoms with van der Waals surface area (Å²) in [6, 6.07) is 4.97. The molecule has 0 amide bonds. The maximum atomic E-state index is 8.82. The van der Waals surface area contributed by atoms with Gasteiger partial charge in [-0.1, -0.05) is 11.6 Å². The van der Waals surface area contributed by atoms with Crippen LogP contribution in [0.2, 0.25) is 5.02 Å². The van der Waals surface area contributed by atoms with Crippen LogP contribution in [0.5, 0.6) is 0 Å². The second kappa shape index (κ2) is 3.75. The van der Waals surface area contributed by atoms with Crippen LogP contribution in [0.25, 0.3) is 0 Å². The Hall–Kier alpha value is 0.225. The lowest BCUT2D eigenvalue weighted by Crippen LogP contribution is -2.32. The zero-order chi connectivity index (χ0) is 8.43. The van der Waals surface area contributed by atoms with Crippen LogP contribution in [0.3, 0.4) is 0 Å². The highest BCUT2D eigenvalue weighted by Crippen LogP contribution is 2.09. The summed E-state index contributed by atoms with van der Waals surface area (Å²) >= 11 is 7.65. The largest absolute Gasteiger partial charge is 0.489 e. The zero-order valence-corrected chi connectivity index (χ0v) is 8.37. The molecule has 1 aromatic rings. The van der Waals surface area contributed by atoms with Crippen molar-refractivity contribution in [3.8, 4) is 0 Å². The molecule has 0 fully saturated rings. The van der Waals surface area contributed by atoms with Gasteiger partial charge in [-0.05, 0) is 46.3 Å². The molecule has 11 heavy (non-hydrogen) atoms. The lowest BCUT2D eigenvalue weighted by Gasteiger charge is -2.02. The first-order valence-electron chi connectivity index (χ1n) is 2.92. The van der Waals surface area contributed by atoms with E-state index in [1.807, 2.05) is 22.6 Å². The van der Waals surface area contributed by atoms with Crippen LogP contribution in [-0.4, -0.2) is 17.2 Å². The standard InChI is InChI=1S/C6H5BClIO2/c8-4-1-2-6(9)5(3-4)7(10)11/h1-3,10-11H. The lowest BCUT2D eigenvalue weighted by molar-refractivity contribution is 0.425. The molecule has 0 atom stereocenters. The van der Waals surface area contributed by atoms with Gasteiger partial charge in [-0.25, -0.2) is 0 Å². The van der Waals surface area contributed by atoms with E-state index in [0.29, 0.717) is 10.5 Å². The quantitative estimate of drug-likeness (QED) is 0.586. The molecule has 0 unspecified atom stereocenters. The average molecular weight is 282 g/mol. The van der Waals surface area contributed by atoms with Gasteiger partial charge in [0.1, 0.15) is 0 Å². The average Bonchev–Trinajstić information content (AvgIpc) is 1.94. The third-order valence-electron chi connectivity index (χ3n) is 1.24.